The first-order valence-electron chi connectivity index (χ1n) is 6.86. The Morgan fingerprint density at radius 3 is 2.68 bits per heavy atom. The van der Waals surface area contributed by atoms with Crippen molar-refractivity contribution in [1.82, 2.24) is 5.32 Å². The molecule has 0 spiro atoms. The fourth-order valence-corrected chi connectivity index (χ4v) is 5.32. The third-order valence-electron chi connectivity index (χ3n) is 4.03. The van der Waals surface area contributed by atoms with Crippen LogP contribution in [0.5, 0.6) is 0 Å². The number of hydrogen-bond acceptors (Lipinski definition) is 2. The van der Waals surface area contributed by atoms with E-state index in [-0.39, 0.29) is 5.25 Å². The van der Waals surface area contributed by atoms with E-state index >= 15 is 0 Å². The predicted molar refractivity (Wildman–Crippen MR) is 82.1 cm³/mol. The molecule has 2 nitrogen and oxygen atoms in total. The van der Waals surface area contributed by atoms with E-state index < -0.39 is 10.8 Å². The Morgan fingerprint density at radius 1 is 1.32 bits per heavy atom. The largest absolute Gasteiger partial charge is 0.316 e. The Labute approximate surface area is 123 Å². The van der Waals surface area contributed by atoms with Gasteiger partial charge in [0, 0.05) is 16.0 Å². The lowest BCUT2D eigenvalue weighted by Crippen LogP contribution is -2.48. The van der Waals surface area contributed by atoms with Gasteiger partial charge in [0.15, 0.2) is 0 Å². The van der Waals surface area contributed by atoms with Crippen LogP contribution in [0.3, 0.4) is 0 Å². The van der Waals surface area contributed by atoms with Crippen LogP contribution < -0.4 is 5.32 Å². The normalized spacial score (nSPS) is 33.1. The lowest BCUT2D eigenvalue weighted by Gasteiger charge is -2.38. The minimum Gasteiger partial charge on any atom is -0.316 e. The Morgan fingerprint density at radius 2 is 2.05 bits per heavy atom. The van der Waals surface area contributed by atoms with Crippen LogP contribution >= 0.6 is 11.6 Å². The van der Waals surface area contributed by atoms with E-state index in [1.165, 1.54) is 0 Å². The second-order valence-corrected chi connectivity index (χ2v) is 7.72. The quantitative estimate of drug-likeness (QED) is 0.926. The van der Waals surface area contributed by atoms with Gasteiger partial charge in [0.25, 0.3) is 0 Å². The van der Waals surface area contributed by atoms with Gasteiger partial charge in [0.05, 0.1) is 16.0 Å². The molecule has 19 heavy (non-hydrogen) atoms. The molecule has 1 N–H and O–H groups in total. The zero-order valence-corrected chi connectivity index (χ0v) is 13.3. The monoisotopic (exact) mass is 299 g/mol. The van der Waals surface area contributed by atoms with Gasteiger partial charge in [-0.3, -0.25) is 4.21 Å². The van der Waals surface area contributed by atoms with E-state index in [0.717, 1.165) is 17.7 Å². The second kappa shape index (κ2) is 6.38. The van der Waals surface area contributed by atoms with Crippen LogP contribution in [0.1, 0.15) is 26.7 Å². The van der Waals surface area contributed by atoms with Crippen molar-refractivity contribution >= 4 is 22.4 Å². The highest BCUT2D eigenvalue weighted by Crippen LogP contribution is 2.34. The van der Waals surface area contributed by atoms with Gasteiger partial charge in [-0.2, -0.15) is 0 Å². The molecule has 0 amide bonds. The standard InChI is InChI=1S/C15H22ClNOS/c1-10-7-11(2)15(14(8-10)17-3)19(18)13-6-4-5-12(16)9-13/h4-6,9-11,14-15,17H,7-8H2,1-3H3. The molecule has 0 heterocycles. The van der Waals surface area contributed by atoms with Gasteiger partial charge in [0.1, 0.15) is 0 Å². The van der Waals surface area contributed by atoms with Crippen molar-refractivity contribution in [2.45, 2.75) is 42.9 Å². The van der Waals surface area contributed by atoms with Crippen LogP contribution in [-0.4, -0.2) is 22.5 Å². The highest BCUT2D eigenvalue weighted by atomic mass is 35.5. The molecule has 1 aliphatic rings. The fourth-order valence-electron chi connectivity index (χ4n) is 3.22. The molecular weight excluding hydrogens is 278 g/mol. The summed E-state index contributed by atoms with van der Waals surface area (Å²) >= 11 is 6.01. The average molecular weight is 300 g/mol. The second-order valence-electron chi connectivity index (χ2n) is 5.67. The molecule has 4 heteroatoms. The van der Waals surface area contributed by atoms with Crippen molar-refractivity contribution in [1.29, 1.82) is 0 Å². The number of hydrogen-bond donors (Lipinski definition) is 1. The Balaban J connectivity index is 2.25. The van der Waals surface area contributed by atoms with Gasteiger partial charge in [-0.05, 0) is 49.9 Å². The molecule has 5 atom stereocenters. The van der Waals surface area contributed by atoms with Gasteiger partial charge in [-0.1, -0.05) is 31.5 Å². The zero-order valence-electron chi connectivity index (χ0n) is 11.7. The maximum absolute atomic E-state index is 12.9. The summed E-state index contributed by atoms with van der Waals surface area (Å²) in [6, 6.07) is 7.76. The minimum atomic E-state index is -1.00. The summed E-state index contributed by atoms with van der Waals surface area (Å²) in [5, 5.41) is 4.18. The molecule has 5 unspecified atom stereocenters. The molecule has 0 aromatic heterocycles. The van der Waals surface area contributed by atoms with E-state index in [1.807, 2.05) is 31.3 Å². The third-order valence-corrected chi connectivity index (χ3v) is 6.28. The summed E-state index contributed by atoms with van der Waals surface area (Å²) in [7, 11) is 0.968. The first-order valence-corrected chi connectivity index (χ1v) is 8.45. The predicted octanol–water partition coefficient (Wildman–Crippen LogP) is 3.47. The molecule has 0 radical (unpaired) electrons. The van der Waals surface area contributed by atoms with Crippen LogP contribution in [0, 0.1) is 11.8 Å². The van der Waals surface area contributed by atoms with Crippen molar-refractivity contribution in [2.24, 2.45) is 11.8 Å². The molecule has 0 saturated heterocycles. The highest BCUT2D eigenvalue weighted by Gasteiger charge is 2.37. The van der Waals surface area contributed by atoms with Crippen LogP contribution in [0.2, 0.25) is 5.02 Å². The van der Waals surface area contributed by atoms with Gasteiger partial charge >= 0.3 is 0 Å². The van der Waals surface area contributed by atoms with Crippen molar-refractivity contribution in [3.63, 3.8) is 0 Å². The SMILES string of the molecule is CNC1CC(C)CC(C)C1S(=O)c1cccc(Cl)c1. The maximum Gasteiger partial charge on any atom is 0.0579 e. The van der Waals surface area contributed by atoms with E-state index in [0.29, 0.717) is 22.9 Å². The topological polar surface area (TPSA) is 29.1 Å². The summed E-state index contributed by atoms with van der Waals surface area (Å²) in [6.45, 7) is 4.49. The lowest BCUT2D eigenvalue weighted by molar-refractivity contribution is 0.253. The van der Waals surface area contributed by atoms with Gasteiger partial charge in [-0.25, -0.2) is 0 Å². The molecule has 2 rings (SSSR count). The molecule has 0 bridgehead atoms. The molecule has 1 aliphatic carbocycles. The number of rotatable bonds is 3. The van der Waals surface area contributed by atoms with Crippen LogP contribution in [0.15, 0.2) is 29.2 Å². The first-order chi connectivity index (χ1) is 9.02. The lowest BCUT2D eigenvalue weighted by atomic mass is 9.80. The Kier molecular flexibility index (Phi) is 5.04. The first kappa shape index (κ1) is 15.0. The molecule has 106 valence electrons. The summed E-state index contributed by atoms with van der Waals surface area (Å²) < 4.78 is 12.9. The smallest absolute Gasteiger partial charge is 0.0579 e. The maximum atomic E-state index is 12.9. The third kappa shape index (κ3) is 3.39. The van der Waals surface area contributed by atoms with E-state index in [4.69, 9.17) is 11.6 Å². The summed E-state index contributed by atoms with van der Waals surface area (Å²) in [6.07, 6.45) is 2.24. The van der Waals surface area contributed by atoms with Gasteiger partial charge in [-0.15, -0.1) is 0 Å². The summed E-state index contributed by atoms with van der Waals surface area (Å²) in [5.74, 6) is 1.15. The van der Waals surface area contributed by atoms with E-state index in [1.54, 1.807) is 0 Å². The Hall–Kier alpha value is -0.380. The van der Waals surface area contributed by atoms with E-state index in [2.05, 4.69) is 19.2 Å². The zero-order chi connectivity index (χ0) is 14.0. The van der Waals surface area contributed by atoms with Crippen molar-refractivity contribution in [2.75, 3.05) is 7.05 Å². The molecular formula is C15H22ClNOS. The minimum absolute atomic E-state index is 0.166. The van der Waals surface area contributed by atoms with Crippen molar-refractivity contribution in [3.05, 3.63) is 29.3 Å². The molecule has 0 aliphatic heterocycles. The molecule has 1 aromatic rings. The molecule has 1 aromatic carbocycles. The number of halogens is 1. The van der Waals surface area contributed by atoms with Crippen molar-refractivity contribution < 1.29 is 4.21 Å². The van der Waals surface area contributed by atoms with E-state index in [9.17, 15) is 4.21 Å². The van der Waals surface area contributed by atoms with Crippen molar-refractivity contribution in [3.8, 4) is 0 Å². The average Bonchev–Trinajstić information content (AvgIpc) is 2.37. The molecule has 1 saturated carbocycles. The van der Waals surface area contributed by atoms with Crippen LogP contribution in [-0.2, 0) is 10.8 Å². The fraction of sp³-hybridized carbons (Fsp3) is 0.600. The van der Waals surface area contributed by atoms with Gasteiger partial charge < -0.3 is 5.32 Å². The number of benzene rings is 1. The number of nitrogens with one attached hydrogen (secondary N) is 1. The summed E-state index contributed by atoms with van der Waals surface area (Å²) in [5.41, 5.74) is 0. The van der Waals surface area contributed by atoms with Gasteiger partial charge in [0.2, 0.25) is 0 Å². The summed E-state index contributed by atoms with van der Waals surface area (Å²) in [4.78, 5) is 0.846. The highest BCUT2D eigenvalue weighted by molar-refractivity contribution is 7.85. The Bertz CT molecular complexity index is 465. The molecule has 1 fully saturated rings. The van der Waals surface area contributed by atoms with Crippen LogP contribution in [0.25, 0.3) is 0 Å². The van der Waals surface area contributed by atoms with Crippen LogP contribution in [0.4, 0.5) is 0 Å².